The zero-order valence-electron chi connectivity index (χ0n) is 11.9. The molecule has 22 heavy (non-hydrogen) atoms. The average Bonchev–Trinajstić information content (AvgIpc) is 2.54. The van der Waals surface area contributed by atoms with E-state index < -0.39 is 10.0 Å². The Balaban J connectivity index is 2.01. The van der Waals surface area contributed by atoms with Gasteiger partial charge in [0.05, 0.1) is 4.90 Å². The lowest BCUT2D eigenvalue weighted by atomic mass is 10.2. The molecule has 0 aliphatic heterocycles. The summed E-state index contributed by atoms with van der Waals surface area (Å²) >= 11 is 1.61. The molecule has 1 N–H and O–H groups in total. The first kappa shape index (κ1) is 14.9. The Hall–Kier alpha value is -2.05. The number of nitrogens with zero attached hydrogens (tertiary/aromatic N) is 1. The van der Waals surface area contributed by atoms with Crippen molar-refractivity contribution in [2.75, 3.05) is 11.0 Å². The molecule has 0 saturated carbocycles. The Morgan fingerprint density at radius 2 is 1.82 bits per heavy atom. The lowest BCUT2D eigenvalue weighted by Crippen LogP contribution is -2.13. The van der Waals surface area contributed by atoms with Gasteiger partial charge in [-0.2, -0.15) is 0 Å². The maximum Gasteiger partial charge on any atom is 0.262 e. The van der Waals surface area contributed by atoms with Crippen LogP contribution in [0.5, 0.6) is 0 Å². The summed E-state index contributed by atoms with van der Waals surface area (Å²) in [5.74, 6) is 0. The molecule has 0 unspecified atom stereocenters. The van der Waals surface area contributed by atoms with Gasteiger partial charge in [-0.3, -0.25) is 9.71 Å². The second kappa shape index (κ2) is 5.98. The van der Waals surface area contributed by atoms with Crippen LogP contribution in [-0.4, -0.2) is 19.7 Å². The lowest BCUT2D eigenvalue weighted by Gasteiger charge is -2.10. The Kier molecular flexibility index (Phi) is 4.04. The molecule has 6 heteroatoms. The van der Waals surface area contributed by atoms with Crippen LogP contribution in [0.25, 0.3) is 10.8 Å². The van der Waals surface area contributed by atoms with Gasteiger partial charge in [0.15, 0.2) is 0 Å². The van der Waals surface area contributed by atoms with Gasteiger partial charge in [-0.25, -0.2) is 8.42 Å². The van der Waals surface area contributed by atoms with Crippen LogP contribution in [0.1, 0.15) is 0 Å². The topological polar surface area (TPSA) is 59.1 Å². The zero-order valence-corrected chi connectivity index (χ0v) is 13.5. The third-order valence-electron chi connectivity index (χ3n) is 3.27. The maximum absolute atomic E-state index is 12.6. The van der Waals surface area contributed by atoms with Crippen LogP contribution in [-0.2, 0) is 10.0 Å². The fourth-order valence-electron chi connectivity index (χ4n) is 2.20. The van der Waals surface area contributed by atoms with E-state index in [4.69, 9.17) is 0 Å². The highest BCUT2D eigenvalue weighted by atomic mass is 32.2. The summed E-state index contributed by atoms with van der Waals surface area (Å²) in [5.41, 5.74) is 0.545. The van der Waals surface area contributed by atoms with E-state index in [1.165, 1.54) is 0 Å². The van der Waals surface area contributed by atoms with Gasteiger partial charge in [0.1, 0.15) is 0 Å². The summed E-state index contributed by atoms with van der Waals surface area (Å²) in [6, 6.07) is 14.2. The number of thioether (sulfide) groups is 1. The van der Waals surface area contributed by atoms with Gasteiger partial charge in [-0.1, -0.05) is 12.1 Å². The molecule has 0 radical (unpaired) electrons. The number of rotatable bonds is 4. The summed E-state index contributed by atoms with van der Waals surface area (Å²) < 4.78 is 27.9. The van der Waals surface area contributed by atoms with Crippen molar-refractivity contribution >= 4 is 38.2 Å². The molecule has 2 aromatic carbocycles. The SMILES string of the molecule is CSc1ccc(NS(=O)(=O)c2cccc3cnccc23)cc1. The number of anilines is 1. The predicted molar refractivity (Wildman–Crippen MR) is 90.8 cm³/mol. The fraction of sp³-hybridized carbons (Fsp3) is 0.0625. The summed E-state index contributed by atoms with van der Waals surface area (Å²) in [6.07, 6.45) is 5.22. The van der Waals surface area contributed by atoms with E-state index in [1.807, 2.05) is 24.5 Å². The molecule has 3 rings (SSSR count). The molecule has 0 aliphatic carbocycles. The van der Waals surface area contributed by atoms with Crippen molar-refractivity contribution in [2.45, 2.75) is 9.79 Å². The number of fused-ring (bicyclic) bond motifs is 1. The van der Waals surface area contributed by atoms with Gasteiger partial charge in [0.2, 0.25) is 0 Å². The standard InChI is InChI=1S/C16H14N2O2S2/c1-21-14-7-5-13(6-8-14)18-22(19,20)16-4-2-3-12-11-17-10-9-15(12)16/h2-11,18H,1H3. The average molecular weight is 330 g/mol. The zero-order chi connectivity index (χ0) is 15.6. The summed E-state index contributed by atoms with van der Waals surface area (Å²) in [4.78, 5) is 5.36. The fourth-order valence-corrected chi connectivity index (χ4v) is 3.89. The Morgan fingerprint density at radius 1 is 1.05 bits per heavy atom. The van der Waals surface area contributed by atoms with Crippen molar-refractivity contribution in [1.82, 2.24) is 4.98 Å². The minimum Gasteiger partial charge on any atom is -0.280 e. The van der Waals surface area contributed by atoms with E-state index in [-0.39, 0.29) is 4.90 Å². The van der Waals surface area contributed by atoms with Crippen molar-refractivity contribution in [3.8, 4) is 0 Å². The first-order valence-corrected chi connectivity index (χ1v) is 9.30. The molecule has 3 aromatic rings. The van der Waals surface area contributed by atoms with Crippen molar-refractivity contribution in [3.05, 3.63) is 60.9 Å². The number of pyridine rings is 1. The minimum atomic E-state index is -3.64. The number of hydrogen-bond donors (Lipinski definition) is 1. The first-order valence-electron chi connectivity index (χ1n) is 6.60. The van der Waals surface area contributed by atoms with E-state index in [2.05, 4.69) is 9.71 Å². The van der Waals surface area contributed by atoms with Gasteiger partial charge in [-0.05, 0) is 42.7 Å². The molecule has 0 bridgehead atoms. The van der Waals surface area contributed by atoms with Crippen molar-refractivity contribution in [1.29, 1.82) is 0 Å². The maximum atomic E-state index is 12.6. The Labute approximate surface area is 133 Å². The van der Waals surface area contributed by atoms with Crippen molar-refractivity contribution < 1.29 is 8.42 Å². The van der Waals surface area contributed by atoms with Crippen LogP contribution in [0.2, 0.25) is 0 Å². The van der Waals surface area contributed by atoms with Crippen LogP contribution in [0, 0.1) is 0 Å². The van der Waals surface area contributed by atoms with Crippen LogP contribution in [0.4, 0.5) is 5.69 Å². The normalized spacial score (nSPS) is 11.5. The third-order valence-corrected chi connectivity index (χ3v) is 5.46. The molecular weight excluding hydrogens is 316 g/mol. The van der Waals surface area contributed by atoms with Crippen LogP contribution in [0.3, 0.4) is 0 Å². The Morgan fingerprint density at radius 3 is 2.55 bits per heavy atom. The lowest BCUT2D eigenvalue weighted by molar-refractivity contribution is 0.602. The highest BCUT2D eigenvalue weighted by Crippen LogP contribution is 2.25. The molecule has 1 aromatic heterocycles. The third kappa shape index (κ3) is 2.93. The van der Waals surface area contributed by atoms with E-state index in [0.29, 0.717) is 11.1 Å². The van der Waals surface area contributed by atoms with E-state index >= 15 is 0 Å². The molecule has 0 atom stereocenters. The monoisotopic (exact) mass is 330 g/mol. The summed E-state index contributed by atoms with van der Waals surface area (Å²) in [5, 5.41) is 1.45. The number of nitrogens with one attached hydrogen (secondary N) is 1. The number of sulfonamides is 1. The molecule has 1 heterocycles. The smallest absolute Gasteiger partial charge is 0.262 e. The number of aromatic nitrogens is 1. The Bertz CT molecular complexity index is 902. The largest absolute Gasteiger partial charge is 0.280 e. The quantitative estimate of drug-likeness (QED) is 0.740. The highest BCUT2D eigenvalue weighted by Gasteiger charge is 2.17. The van der Waals surface area contributed by atoms with Gasteiger partial charge in [0, 0.05) is 33.7 Å². The van der Waals surface area contributed by atoms with E-state index in [9.17, 15) is 8.42 Å². The second-order valence-electron chi connectivity index (χ2n) is 4.69. The molecular formula is C16H14N2O2S2. The second-order valence-corrected chi connectivity index (χ2v) is 7.22. The van der Waals surface area contributed by atoms with Crippen LogP contribution >= 0.6 is 11.8 Å². The van der Waals surface area contributed by atoms with Crippen LogP contribution < -0.4 is 4.72 Å². The molecule has 0 amide bonds. The summed E-state index contributed by atoms with van der Waals surface area (Å²) in [7, 11) is -3.64. The van der Waals surface area contributed by atoms with Gasteiger partial charge in [-0.15, -0.1) is 11.8 Å². The molecule has 0 aliphatic rings. The van der Waals surface area contributed by atoms with E-state index in [1.54, 1.807) is 54.5 Å². The molecule has 4 nitrogen and oxygen atoms in total. The molecule has 0 fully saturated rings. The molecule has 0 spiro atoms. The van der Waals surface area contributed by atoms with E-state index in [0.717, 1.165) is 10.3 Å². The van der Waals surface area contributed by atoms with Gasteiger partial charge < -0.3 is 0 Å². The minimum absolute atomic E-state index is 0.251. The predicted octanol–water partition coefficient (Wildman–Crippen LogP) is 3.76. The molecule has 112 valence electrons. The first-order chi connectivity index (χ1) is 10.6. The number of hydrogen-bond acceptors (Lipinski definition) is 4. The van der Waals surface area contributed by atoms with Crippen molar-refractivity contribution in [3.63, 3.8) is 0 Å². The highest BCUT2D eigenvalue weighted by molar-refractivity contribution is 7.98. The number of benzene rings is 2. The van der Waals surface area contributed by atoms with Crippen molar-refractivity contribution in [2.24, 2.45) is 0 Å². The molecule has 0 saturated heterocycles. The summed E-state index contributed by atoms with van der Waals surface area (Å²) in [6.45, 7) is 0. The van der Waals surface area contributed by atoms with Gasteiger partial charge >= 0.3 is 0 Å². The van der Waals surface area contributed by atoms with Crippen LogP contribution in [0.15, 0.2) is 70.7 Å². The van der Waals surface area contributed by atoms with Gasteiger partial charge in [0.25, 0.3) is 10.0 Å².